The number of halogens is 3. The molecule has 0 spiro atoms. The van der Waals surface area contributed by atoms with Crippen LogP contribution in [-0.4, -0.2) is 22.0 Å². The number of amides is 1. The molecule has 0 unspecified atom stereocenters. The average Bonchev–Trinajstić information content (AvgIpc) is 3.11. The van der Waals surface area contributed by atoms with Crippen LogP contribution in [0.4, 0.5) is 0 Å². The van der Waals surface area contributed by atoms with Gasteiger partial charge in [-0.2, -0.15) is 0 Å². The quantitative estimate of drug-likeness (QED) is 0.284. The number of hydrogen-bond acceptors (Lipinski definition) is 2. The number of aromatic nitrogens is 2. The molecule has 0 radical (unpaired) electrons. The summed E-state index contributed by atoms with van der Waals surface area (Å²) in [6.07, 6.45) is 1.51. The number of nitrogens with one attached hydrogen (secondary N) is 1. The molecule has 0 aliphatic carbocycles. The molecule has 31 heavy (non-hydrogen) atoms. The Kier molecular flexibility index (Phi) is 6.96. The Balaban J connectivity index is 1.46. The van der Waals surface area contributed by atoms with Crippen LogP contribution in [0.3, 0.4) is 0 Å². The molecule has 0 atom stereocenters. The number of rotatable bonds is 7. The molecule has 0 fully saturated rings. The SMILES string of the molecule is O=C(NCCCc1nc2ccccc2n1Cc1ccc(Cl)cc1Cl)c1ccc(Br)cc1. The van der Waals surface area contributed by atoms with Gasteiger partial charge in [0.15, 0.2) is 0 Å². The number of carbonyl (C=O) groups is 1. The largest absolute Gasteiger partial charge is 0.352 e. The first-order valence-corrected chi connectivity index (χ1v) is 11.5. The van der Waals surface area contributed by atoms with E-state index in [1.165, 1.54) is 0 Å². The minimum atomic E-state index is -0.0750. The predicted molar refractivity (Wildman–Crippen MR) is 130 cm³/mol. The van der Waals surface area contributed by atoms with Gasteiger partial charge in [0, 0.05) is 33.0 Å². The lowest BCUT2D eigenvalue weighted by Crippen LogP contribution is -2.25. The monoisotopic (exact) mass is 515 g/mol. The average molecular weight is 517 g/mol. The molecule has 1 heterocycles. The second-order valence-electron chi connectivity index (χ2n) is 7.20. The van der Waals surface area contributed by atoms with Gasteiger partial charge in [0.1, 0.15) is 5.82 Å². The van der Waals surface area contributed by atoms with Crippen LogP contribution in [0.15, 0.2) is 71.2 Å². The number of benzene rings is 3. The van der Waals surface area contributed by atoms with E-state index in [4.69, 9.17) is 28.2 Å². The molecule has 0 saturated heterocycles. The van der Waals surface area contributed by atoms with Gasteiger partial charge in [-0.1, -0.05) is 57.3 Å². The Morgan fingerprint density at radius 3 is 2.58 bits per heavy atom. The molecule has 4 aromatic rings. The number of nitrogens with zero attached hydrogens (tertiary/aromatic N) is 2. The van der Waals surface area contributed by atoms with Crippen molar-refractivity contribution in [1.82, 2.24) is 14.9 Å². The van der Waals surface area contributed by atoms with Crippen molar-refractivity contribution in [3.05, 3.63) is 98.2 Å². The van der Waals surface area contributed by atoms with Crippen molar-refractivity contribution >= 4 is 56.1 Å². The van der Waals surface area contributed by atoms with E-state index in [2.05, 4.69) is 31.9 Å². The molecule has 0 bridgehead atoms. The number of carbonyl (C=O) groups excluding carboxylic acids is 1. The molecule has 4 rings (SSSR count). The lowest BCUT2D eigenvalue weighted by Gasteiger charge is -2.11. The third-order valence-corrected chi connectivity index (χ3v) is 6.16. The molecule has 158 valence electrons. The van der Waals surface area contributed by atoms with Gasteiger partial charge in [0.2, 0.25) is 0 Å². The van der Waals surface area contributed by atoms with Crippen LogP contribution in [0, 0.1) is 0 Å². The van der Waals surface area contributed by atoms with E-state index in [0.717, 1.165) is 39.7 Å². The van der Waals surface area contributed by atoms with Crippen LogP contribution in [0.25, 0.3) is 11.0 Å². The minimum absolute atomic E-state index is 0.0750. The molecule has 3 aromatic carbocycles. The number of hydrogen-bond donors (Lipinski definition) is 1. The molecular formula is C24H20BrCl2N3O. The summed E-state index contributed by atoms with van der Waals surface area (Å²) in [6, 6.07) is 20.9. The lowest BCUT2D eigenvalue weighted by molar-refractivity contribution is 0.0953. The zero-order valence-electron chi connectivity index (χ0n) is 16.6. The van der Waals surface area contributed by atoms with E-state index in [9.17, 15) is 4.79 Å². The van der Waals surface area contributed by atoms with Crippen LogP contribution >= 0.6 is 39.1 Å². The van der Waals surface area contributed by atoms with Crippen molar-refractivity contribution in [2.75, 3.05) is 6.54 Å². The Morgan fingerprint density at radius 2 is 1.81 bits per heavy atom. The molecule has 1 amide bonds. The normalized spacial score (nSPS) is 11.1. The molecule has 7 heteroatoms. The third kappa shape index (κ3) is 5.29. The number of aryl methyl sites for hydroxylation is 1. The van der Waals surface area contributed by atoms with E-state index in [1.54, 1.807) is 18.2 Å². The van der Waals surface area contributed by atoms with E-state index >= 15 is 0 Å². The zero-order valence-corrected chi connectivity index (χ0v) is 19.7. The highest BCUT2D eigenvalue weighted by molar-refractivity contribution is 9.10. The molecule has 0 aliphatic rings. The number of para-hydroxylation sites is 2. The van der Waals surface area contributed by atoms with Crippen molar-refractivity contribution < 1.29 is 4.79 Å². The maximum absolute atomic E-state index is 12.3. The van der Waals surface area contributed by atoms with Gasteiger partial charge in [0.25, 0.3) is 5.91 Å². The fourth-order valence-corrected chi connectivity index (χ4v) is 4.20. The Bertz CT molecular complexity index is 1220. The van der Waals surface area contributed by atoms with Crippen LogP contribution in [0.2, 0.25) is 10.0 Å². The fraction of sp³-hybridized carbons (Fsp3) is 0.167. The molecule has 1 N–H and O–H groups in total. The Labute approximate surface area is 199 Å². The summed E-state index contributed by atoms with van der Waals surface area (Å²) in [7, 11) is 0. The smallest absolute Gasteiger partial charge is 0.251 e. The topological polar surface area (TPSA) is 46.9 Å². The van der Waals surface area contributed by atoms with Crippen molar-refractivity contribution in [1.29, 1.82) is 0 Å². The molecule has 0 saturated carbocycles. The summed E-state index contributed by atoms with van der Waals surface area (Å²) < 4.78 is 3.13. The lowest BCUT2D eigenvalue weighted by atomic mass is 10.2. The van der Waals surface area contributed by atoms with Gasteiger partial charge in [-0.3, -0.25) is 4.79 Å². The van der Waals surface area contributed by atoms with Gasteiger partial charge < -0.3 is 9.88 Å². The summed E-state index contributed by atoms with van der Waals surface area (Å²) in [5, 5.41) is 4.23. The number of imidazole rings is 1. The van der Waals surface area contributed by atoms with Crippen molar-refractivity contribution in [2.45, 2.75) is 19.4 Å². The standard InChI is InChI=1S/C24H20BrCl2N3O/c25-18-10-7-16(8-11-18)24(31)28-13-3-6-23-29-21-4-1-2-5-22(21)30(23)15-17-9-12-19(26)14-20(17)27/h1-2,4-5,7-12,14H,3,6,13,15H2,(H,28,31). The third-order valence-electron chi connectivity index (χ3n) is 5.05. The van der Waals surface area contributed by atoms with E-state index in [-0.39, 0.29) is 5.91 Å². The van der Waals surface area contributed by atoms with E-state index in [1.807, 2.05) is 42.5 Å². The van der Waals surface area contributed by atoms with Gasteiger partial charge in [-0.25, -0.2) is 4.98 Å². The summed E-state index contributed by atoms with van der Waals surface area (Å²) in [5.74, 6) is 0.888. The highest BCUT2D eigenvalue weighted by Crippen LogP contribution is 2.25. The second kappa shape index (κ2) is 9.86. The molecule has 4 nitrogen and oxygen atoms in total. The van der Waals surface area contributed by atoms with E-state index in [0.29, 0.717) is 28.7 Å². The highest BCUT2D eigenvalue weighted by atomic mass is 79.9. The van der Waals surface area contributed by atoms with Crippen LogP contribution in [0.1, 0.15) is 28.2 Å². The second-order valence-corrected chi connectivity index (χ2v) is 8.96. The van der Waals surface area contributed by atoms with Crippen LogP contribution in [-0.2, 0) is 13.0 Å². The molecule has 0 aliphatic heterocycles. The van der Waals surface area contributed by atoms with Gasteiger partial charge in [-0.05, 0) is 60.5 Å². The maximum atomic E-state index is 12.3. The summed E-state index contributed by atoms with van der Waals surface area (Å²) in [5.41, 5.74) is 3.63. The summed E-state index contributed by atoms with van der Waals surface area (Å²) in [4.78, 5) is 17.1. The first kappa shape index (κ1) is 21.9. The van der Waals surface area contributed by atoms with Gasteiger partial charge in [0.05, 0.1) is 17.6 Å². The summed E-state index contributed by atoms with van der Waals surface area (Å²) >= 11 is 15.8. The Hall–Kier alpha value is -2.34. The van der Waals surface area contributed by atoms with Crippen molar-refractivity contribution in [3.63, 3.8) is 0 Å². The highest BCUT2D eigenvalue weighted by Gasteiger charge is 2.13. The van der Waals surface area contributed by atoms with Crippen LogP contribution < -0.4 is 5.32 Å². The number of fused-ring (bicyclic) bond motifs is 1. The zero-order chi connectivity index (χ0) is 21.8. The van der Waals surface area contributed by atoms with Crippen molar-refractivity contribution in [3.8, 4) is 0 Å². The predicted octanol–water partition coefficient (Wildman–Crippen LogP) is 6.52. The van der Waals surface area contributed by atoms with Crippen molar-refractivity contribution in [2.24, 2.45) is 0 Å². The summed E-state index contributed by atoms with van der Waals surface area (Å²) in [6.45, 7) is 1.18. The molecular weight excluding hydrogens is 497 g/mol. The molecule has 1 aromatic heterocycles. The Morgan fingerprint density at radius 1 is 1.03 bits per heavy atom. The van der Waals surface area contributed by atoms with Gasteiger partial charge in [-0.15, -0.1) is 0 Å². The maximum Gasteiger partial charge on any atom is 0.251 e. The van der Waals surface area contributed by atoms with Crippen LogP contribution in [0.5, 0.6) is 0 Å². The van der Waals surface area contributed by atoms with Gasteiger partial charge >= 0.3 is 0 Å². The first-order chi connectivity index (χ1) is 15.0. The fourth-order valence-electron chi connectivity index (χ4n) is 3.46. The minimum Gasteiger partial charge on any atom is -0.352 e. The first-order valence-electron chi connectivity index (χ1n) is 9.93. The van der Waals surface area contributed by atoms with E-state index < -0.39 is 0 Å².